The molecule has 1 fully saturated rings. The number of amides is 1. The van der Waals surface area contributed by atoms with Crippen molar-refractivity contribution in [2.75, 3.05) is 18.9 Å². The van der Waals surface area contributed by atoms with Crippen molar-refractivity contribution in [3.05, 3.63) is 33.6 Å². The largest absolute Gasteiger partial charge is 0.376 e. The molecule has 1 N–H and O–H groups in total. The van der Waals surface area contributed by atoms with Crippen molar-refractivity contribution >= 4 is 40.2 Å². The van der Waals surface area contributed by atoms with Gasteiger partial charge in [0, 0.05) is 30.9 Å². The third kappa shape index (κ3) is 4.54. The molecular weight excluding hydrogens is 362 g/mol. The molecule has 0 spiro atoms. The number of hydrogen-bond acceptors (Lipinski definition) is 5. The smallest absolute Gasteiger partial charge is 0.262 e. The van der Waals surface area contributed by atoms with Crippen LogP contribution in [0.1, 0.15) is 19.8 Å². The van der Waals surface area contributed by atoms with Crippen molar-refractivity contribution in [1.82, 2.24) is 14.9 Å². The van der Waals surface area contributed by atoms with Crippen LogP contribution in [0, 0.1) is 0 Å². The Hall–Kier alpha value is -1.57. The number of aromatic nitrogens is 2. The molecule has 0 aliphatic carbocycles. The Morgan fingerprint density at radius 2 is 2.36 bits per heavy atom. The van der Waals surface area contributed by atoms with Gasteiger partial charge in [-0.15, -0.1) is 0 Å². The van der Waals surface area contributed by atoms with Crippen LogP contribution in [-0.4, -0.2) is 40.5 Å². The summed E-state index contributed by atoms with van der Waals surface area (Å²) in [5.41, 5.74) is 0.502. The number of rotatable bonds is 6. The Kier molecular flexibility index (Phi) is 5.98. The molecule has 1 aliphatic heterocycles. The summed E-state index contributed by atoms with van der Waals surface area (Å²) in [7, 11) is 0. The first-order valence-corrected chi connectivity index (χ1v) is 9.60. The Morgan fingerprint density at radius 3 is 3.08 bits per heavy atom. The number of carbonyl (C=O) groups is 1. The zero-order chi connectivity index (χ0) is 17.8. The third-order valence-corrected chi connectivity index (χ3v) is 5.21. The Bertz CT molecular complexity index is 834. The van der Waals surface area contributed by atoms with E-state index in [1.165, 1.54) is 18.7 Å². The van der Waals surface area contributed by atoms with E-state index >= 15 is 0 Å². The molecule has 1 aromatic heterocycles. The van der Waals surface area contributed by atoms with Crippen molar-refractivity contribution in [3.8, 4) is 0 Å². The van der Waals surface area contributed by atoms with Crippen molar-refractivity contribution in [2.24, 2.45) is 0 Å². The first kappa shape index (κ1) is 18.2. The number of thioether (sulfide) groups is 1. The number of nitrogens with zero attached hydrogens (tertiary/aromatic N) is 2. The number of hydrogen-bond donors (Lipinski definition) is 1. The fraction of sp³-hybridized carbons (Fsp3) is 0.471. The number of benzene rings is 1. The molecule has 1 aromatic carbocycles. The van der Waals surface area contributed by atoms with Crippen molar-refractivity contribution in [2.45, 2.75) is 37.6 Å². The maximum atomic E-state index is 12.9. The normalized spacial score (nSPS) is 17.1. The number of nitrogens with one attached hydrogen (secondary N) is 1. The van der Waals surface area contributed by atoms with E-state index in [1.54, 1.807) is 22.8 Å². The van der Waals surface area contributed by atoms with Gasteiger partial charge < -0.3 is 10.1 Å². The zero-order valence-electron chi connectivity index (χ0n) is 14.0. The van der Waals surface area contributed by atoms with Crippen LogP contribution < -0.4 is 10.9 Å². The van der Waals surface area contributed by atoms with E-state index in [0.717, 1.165) is 19.4 Å². The van der Waals surface area contributed by atoms with Crippen LogP contribution in [-0.2, 0) is 16.1 Å². The molecule has 0 radical (unpaired) electrons. The molecule has 1 saturated heterocycles. The fourth-order valence-corrected chi connectivity index (χ4v) is 3.84. The second-order valence-electron chi connectivity index (χ2n) is 5.94. The summed E-state index contributed by atoms with van der Waals surface area (Å²) in [5.74, 6) is 0.555. The molecule has 25 heavy (non-hydrogen) atoms. The van der Waals surface area contributed by atoms with Crippen molar-refractivity contribution in [3.63, 3.8) is 0 Å². The van der Waals surface area contributed by atoms with Gasteiger partial charge in [-0.25, -0.2) is 4.98 Å². The van der Waals surface area contributed by atoms with Gasteiger partial charge in [-0.05, 0) is 31.0 Å². The van der Waals surface area contributed by atoms with E-state index in [9.17, 15) is 9.59 Å². The third-order valence-electron chi connectivity index (χ3n) is 4.00. The molecule has 134 valence electrons. The van der Waals surface area contributed by atoms with Gasteiger partial charge in [-0.3, -0.25) is 14.2 Å². The van der Waals surface area contributed by atoms with E-state index in [1.807, 2.05) is 0 Å². The SMILES string of the molecule is CC(=O)NCCSc1nc2cc(Cl)ccc2c(=O)n1C[C@@H]1CCCO1. The van der Waals surface area contributed by atoms with Crippen LogP contribution in [0.4, 0.5) is 0 Å². The van der Waals surface area contributed by atoms with Crippen LogP contribution >= 0.6 is 23.4 Å². The molecule has 0 saturated carbocycles. The molecule has 3 rings (SSSR count). The summed E-state index contributed by atoms with van der Waals surface area (Å²) >= 11 is 7.48. The number of ether oxygens (including phenoxy) is 1. The topological polar surface area (TPSA) is 73.2 Å². The molecule has 1 aliphatic rings. The zero-order valence-corrected chi connectivity index (χ0v) is 15.5. The molecule has 2 aromatic rings. The summed E-state index contributed by atoms with van der Waals surface area (Å²) in [6.07, 6.45) is 2.00. The van der Waals surface area contributed by atoms with Crippen LogP contribution in [0.5, 0.6) is 0 Å². The maximum absolute atomic E-state index is 12.9. The van der Waals surface area contributed by atoms with Crippen LogP contribution in [0.3, 0.4) is 0 Å². The maximum Gasteiger partial charge on any atom is 0.262 e. The highest BCUT2D eigenvalue weighted by atomic mass is 35.5. The lowest BCUT2D eigenvalue weighted by Gasteiger charge is -2.16. The van der Waals surface area contributed by atoms with Gasteiger partial charge in [0.05, 0.1) is 23.6 Å². The van der Waals surface area contributed by atoms with Gasteiger partial charge in [0.2, 0.25) is 5.91 Å². The van der Waals surface area contributed by atoms with Crippen molar-refractivity contribution in [1.29, 1.82) is 0 Å². The molecule has 1 atom stereocenters. The summed E-state index contributed by atoms with van der Waals surface area (Å²) in [5, 5.41) is 4.47. The Labute approximate surface area is 154 Å². The van der Waals surface area contributed by atoms with E-state index in [0.29, 0.717) is 39.9 Å². The van der Waals surface area contributed by atoms with Crippen LogP contribution in [0.2, 0.25) is 5.02 Å². The van der Waals surface area contributed by atoms with E-state index in [-0.39, 0.29) is 17.6 Å². The van der Waals surface area contributed by atoms with Gasteiger partial charge in [0.25, 0.3) is 5.56 Å². The first-order valence-electron chi connectivity index (χ1n) is 8.23. The first-order chi connectivity index (χ1) is 12.0. The van der Waals surface area contributed by atoms with E-state index < -0.39 is 0 Å². The number of halogens is 1. The Morgan fingerprint density at radius 1 is 1.52 bits per heavy atom. The molecular formula is C17H20ClN3O3S. The quantitative estimate of drug-likeness (QED) is 0.472. The summed E-state index contributed by atoms with van der Waals surface area (Å²) < 4.78 is 7.37. The average Bonchev–Trinajstić information content (AvgIpc) is 3.07. The second kappa shape index (κ2) is 8.21. The average molecular weight is 382 g/mol. The predicted molar refractivity (Wildman–Crippen MR) is 99.4 cm³/mol. The fourth-order valence-electron chi connectivity index (χ4n) is 2.81. The molecule has 0 unspecified atom stereocenters. The number of carbonyl (C=O) groups excluding carboxylic acids is 1. The second-order valence-corrected chi connectivity index (χ2v) is 7.44. The van der Waals surface area contributed by atoms with Gasteiger partial charge in [-0.2, -0.15) is 0 Å². The van der Waals surface area contributed by atoms with Gasteiger partial charge in [0.15, 0.2) is 5.16 Å². The minimum Gasteiger partial charge on any atom is -0.376 e. The standard InChI is InChI=1S/C17H20ClN3O3S/c1-11(22)19-6-8-25-17-20-15-9-12(18)4-5-14(15)16(23)21(17)10-13-3-2-7-24-13/h4-5,9,13H,2-3,6-8,10H2,1H3,(H,19,22)/t13-/m0/s1. The molecule has 6 nitrogen and oxygen atoms in total. The van der Waals surface area contributed by atoms with Crippen LogP contribution in [0.15, 0.2) is 28.2 Å². The van der Waals surface area contributed by atoms with Gasteiger partial charge >= 0.3 is 0 Å². The molecule has 8 heteroatoms. The van der Waals surface area contributed by atoms with E-state index in [4.69, 9.17) is 16.3 Å². The summed E-state index contributed by atoms with van der Waals surface area (Å²) in [6, 6.07) is 5.12. The van der Waals surface area contributed by atoms with Crippen molar-refractivity contribution < 1.29 is 9.53 Å². The molecule has 0 bridgehead atoms. The van der Waals surface area contributed by atoms with Crippen LogP contribution in [0.25, 0.3) is 10.9 Å². The lowest BCUT2D eigenvalue weighted by Crippen LogP contribution is -2.29. The minimum absolute atomic E-state index is 0.0407. The highest BCUT2D eigenvalue weighted by Gasteiger charge is 2.20. The lowest BCUT2D eigenvalue weighted by atomic mass is 10.2. The lowest BCUT2D eigenvalue weighted by molar-refractivity contribution is -0.118. The minimum atomic E-state index is -0.0841. The highest BCUT2D eigenvalue weighted by molar-refractivity contribution is 7.99. The monoisotopic (exact) mass is 381 g/mol. The van der Waals surface area contributed by atoms with Gasteiger partial charge in [0.1, 0.15) is 0 Å². The highest BCUT2D eigenvalue weighted by Crippen LogP contribution is 2.22. The van der Waals surface area contributed by atoms with E-state index in [2.05, 4.69) is 10.3 Å². The summed E-state index contributed by atoms with van der Waals surface area (Å²) in [6.45, 7) is 3.23. The molecule has 1 amide bonds. The predicted octanol–water partition coefficient (Wildman–Crippen LogP) is 2.46. The Balaban J connectivity index is 1.92. The summed E-state index contributed by atoms with van der Waals surface area (Å²) in [4.78, 5) is 28.6. The molecule has 2 heterocycles. The number of fused-ring (bicyclic) bond motifs is 1. The van der Waals surface area contributed by atoms with Gasteiger partial charge in [-0.1, -0.05) is 23.4 Å².